The summed E-state index contributed by atoms with van der Waals surface area (Å²) in [5.74, 6) is 0. The molecule has 0 amide bonds. The van der Waals surface area contributed by atoms with Crippen LogP contribution in [0.3, 0.4) is 0 Å². The summed E-state index contributed by atoms with van der Waals surface area (Å²) in [6, 6.07) is 0. The van der Waals surface area contributed by atoms with Crippen molar-refractivity contribution in [2.45, 2.75) is 32.2 Å². The van der Waals surface area contributed by atoms with Gasteiger partial charge in [-0.25, -0.2) is 0 Å². The summed E-state index contributed by atoms with van der Waals surface area (Å²) in [5.41, 5.74) is 0.371. The van der Waals surface area contributed by atoms with Crippen LogP contribution in [0, 0.1) is 0 Å². The molecular weight excluding hydrogens is 186 g/mol. The molecule has 1 aliphatic heterocycles. The Hall–Kier alpha value is -0.120. The van der Waals surface area contributed by atoms with Gasteiger partial charge in [0.15, 0.2) is 0 Å². The van der Waals surface area contributed by atoms with E-state index in [0.29, 0.717) is 5.54 Å². The summed E-state index contributed by atoms with van der Waals surface area (Å²) >= 11 is 0. The van der Waals surface area contributed by atoms with E-state index in [1.807, 2.05) is 0 Å². The molecule has 0 aromatic rings. The summed E-state index contributed by atoms with van der Waals surface area (Å²) < 4.78 is 0. The zero-order chi connectivity index (χ0) is 11.3. The maximum absolute atomic E-state index is 3.48. The van der Waals surface area contributed by atoms with Crippen LogP contribution in [0.15, 0.2) is 0 Å². The van der Waals surface area contributed by atoms with Crippen LogP contribution in [0.1, 0.15) is 26.7 Å². The number of hydrogen-bond acceptors (Lipinski definition) is 3. The Balaban J connectivity index is 2.35. The van der Waals surface area contributed by atoms with Gasteiger partial charge in [-0.1, -0.05) is 0 Å². The third kappa shape index (κ3) is 4.49. The molecule has 1 saturated heterocycles. The second-order valence-electron chi connectivity index (χ2n) is 5.46. The lowest BCUT2D eigenvalue weighted by molar-refractivity contribution is 0.123. The van der Waals surface area contributed by atoms with Crippen LogP contribution in [0.4, 0.5) is 0 Å². The number of nitrogens with zero attached hydrogens (tertiary/aromatic N) is 2. The van der Waals surface area contributed by atoms with Gasteiger partial charge in [0.05, 0.1) is 0 Å². The highest BCUT2D eigenvalue weighted by Crippen LogP contribution is 2.19. The van der Waals surface area contributed by atoms with Gasteiger partial charge in [0.25, 0.3) is 0 Å². The number of rotatable bonds is 4. The topological polar surface area (TPSA) is 18.5 Å². The molecule has 90 valence electrons. The molecule has 0 aromatic heterocycles. The van der Waals surface area contributed by atoms with Gasteiger partial charge in [0, 0.05) is 18.6 Å². The minimum atomic E-state index is 0.371. The Labute approximate surface area is 94.8 Å². The van der Waals surface area contributed by atoms with E-state index in [0.717, 1.165) is 13.1 Å². The zero-order valence-electron chi connectivity index (χ0n) is 10.8. The molecule has 1 fully saturated rings. The SMILES string of the molecule is CN(C)CCCN1CCNCCC1(C)C. The van der Waals surface area contributed by atoms with Crippen LogP contribution in [0.5, 0.6) is 0 Å². The van der Waals surface area contributed by atoms with Crippen LogP contribution in [0.25, 0.3) is 0 Å². The molecule has 0 bridgehead atoms. The highest BCUT2D eigenvalue weighted by molar-refractivity contribution is 4.85. The molecule has 0 radical (unpaired) electrons. The highest BCUT2D eigenvalue weighted by Gasteiger charge is 2.27. The molecular formula is C12H27N3. The van der Waals surface area contributed by atoms with Gasteiger partial charge in [-0.05, 0) is 60.4 Å². The van der Waals surface area contributed by atoms with Gasteiger partial charge >= 0.3 is 0 Å². The minimum absolute atomic E-state index is 0.371. The van der Waals surface area contributed by atoms with Crippen molar-refractivity contribution < 1.29 is 0 Å². The van der Waals surface area contributed by atoms with Crippen molar-refractivity contribution in [3.05, 3.63) is 0 Å². The molecule has 1 heterocycles. The van der Waals surface area contributed by atoms with E-state index >= 15 is 0 Å². The molecule has 1 N–H and O–H groups in total. The second kappa shape index (κ2) is 5.83. The van der Waals surface area contributed by atoms with Crippen molar-refractivity contribution in [2.24, 2.45) is 0 Å². The Morgan fingerprint density at radius 1 is 1.27 bits per heavy atom. The predicted molar refractivity (Wildman–Crippen MR) is 66.3 cm³/mol. The second-order valence-corrected chi connectivity index (χ2v) is 5.46. The van der Waals surface area contributed by atoms with Crippen LogP contribution >= 0.6 is 0 Å². The smallest absolute Gasteiger partial charge is 0.0165 e. The molecule has 1 rings (SSSR count). The van der Waals surface area contributed by atoms with Crippen LogP contribution < -0.4 is 5.32 Å². The molecule has 0 aromatic carbocycles. The molecule has 0 saturated carbocycles. The maximum Gasteiger partial charge on any atom is 0.0165 e. The zero-order valence-corrected chi connectivity index (χ0v) is 10.8. The lowest BCUT2D eigenvalue weighted by Crippen LogP contribution is -2.45. The van der Waals surface area contributed by atoms with Crippen molar-refractivity contribution in [3.8, 4) is 0 Å². The average Bonchev–Trinajstić information content (AvgIpc) is 2.28. The average molecular weight is 213 g/mol. The molecule has 1 aliphatic rings. The van der Waals surface area contributed by atoms with E-state index in [4.69, 9.17) is 0 Å². The molecule has 0 atom stereocenters. The van der Waals surface area contributed by atoms with Crippen LogP contribution in [0.2, 0.25) is 0 Å². The van der Waals surface area contributed by atoms with Crippen molar-refractivity contribution >= 4 is 0 Å². The molecule has 0 spiro atoms. The first-order valence-electron chi connectivity index (χ1n) is 6.13. The molecule has 3 heteroatoms. The van der Waals surface area contributed by atoms with E-state index in [1.54, 1.807) is 0 Å². The first-order chi connectivity index (χ1) is 7.02. The van der Waals surface area contributed by atoms with Crippen molar-refractivity contribution in [1.29, 1.82) is 0 Å². The summed E-state index contributed by atoms with van der Waals surface area (Å²) in [7, 11) is 4.30. The number of nitrogens with one attached hydrogen (secondary N) is 1. The molecule has 0 unspecified atom stereocenters. The van der Waals surface area contributed by atoms with Crippen LogP contribution in [-0.2, 0) is 0 Å². The standard InChI is InChI=1S/C12H27N3/c1-12(2)6-7-13-8-11-15(12)10-5-9-14(3)4/h13H,5-11H2,1-4H3. The Morgan fingerprint density at radius 3 is 2.67 bits per heavy atom. The Morgan fingerprint density at radius 2 is 2.00 bits per heavy atom. The van der Waals surface area contributed by atoms with E-state index in [1.165, 1.54) is 32.5 Å². The normalized spacial score (nSPS) is 23.0. The lowest BCUT2D eigenvalue weighted by Gasteiger charge is -2.37. The minimum Gasteiger partial charge on any atom is -0.315 e. The van der Waals surface area contributed by atoms with Gasteiger partial charge in [-0.3, -0.25) is 4.90 Å². The van der Waals surface area contributed by atoms with Crippen molar-refractivity contribution in [3.63, 3.8) is 0 Å². The van der Waals surface area contributed by atoms with Gasteiger partial charge in [-0.2, -0.15) is 0 Å². The van der Waals surface area contributed by atoms with Crippen molar-refractivity contribution in [2.75, 3.05) is 46.8 Å². The monoisotopic (exact) mass is 213 g/mol. The fourth-order valence-corrected chi connectivity index (χ4v) is 2.19. The first kappa shape index (κ1) is 12.9. The maximum atomic E-state index is 3.48. The first-order valence-corrected chi connectivity index (χ1v) is 6.13. The third-order valence-electron chi connectivity index (χ3n) is 3.36. The Bertz CT molecular complexity index is 178. The summed E-state index contributed by atoms with van der Waals surface area (Å²) in [5, 5.41) is 3.48. The lowest BCUT2D eigenvalue weighted by atomic mass is 9.98. The van der Waals surface area contributed by atoms with Crippen molar-refractivity contribution in [1.82, 2.24) is 15.1 Å². The fourth-order valence-electron chi connectivity index (χ4n) is 2.19. The largest absolute Gasteiger partial charge is 0.315 e. The quantitative estimate of drug-likeness (QED) is 0.752. The number of hydrogen-bond donors (Lipinski definition) is 1. The summed E-state index contributed by atoms with van der Waals surface area (Å²) in [4.78, 5) is 4.90. The van der Waals surface area contributed by atoms with Gasteiger partial charge in [-0.15, -0.1) is 0 Å². The fraction of sp³-hybridized carbons (Fsp3) is 1.00. The molecule has 0 aliphatic carbocycles. The third-order valence-corrected chi connectivity index (χ3v) is 3.36. The molecule has 15 heavy (non-hydrogen) atoms. The Kier molecular flexibility index (Phi) is 5.03. The summed E-state index contributed by atoms with van der Waals surface area (Å²) in [6.07, 6.45) is 2.53. The van der Waals surface area contributed by atoms with E-state index < -0.39 is 0 Å². The van der Waals surface area contributed by atoms with Crippen LogP contribution in [-0.4, -0.2) is 62.2 Å². The highest BCUT2D eigenvalue weighted by atomic mass is 15.2. The van der Waals surface area contributed by atoms with E-state index in [2.05, 4.69) is 43.1 Å². The van der Waals surface area contributed by atoms with E-state index in [9.17, 15) is 0 Å². The van der Waals surface area contributed by atoms with Gasteiger partial charge in [0.1, 0.15) is 0 Å². The molecule has 3 nitrogen and oxygen atoms in total. The summed E-state index contributed by atoms with van der Waals surface area (Å²) in [6.45, 7) is 10.7. The predicted octanol–water partition coefficient (Wildman–Crippen LogP) is 1.01. The van der Waals surface area contributed by atoms with Gasteiger partial charge in [0.2, 0.25) is 0 Å². The van der Waals surface area contributed by atoms with E-state index in [-0.39, 0.29) is 0 Å². The van der Waals surface area contributed by atoms with Gasteiger partial charge < -0.3 is 10.2 Å².